The van der Waals surface area contributed by atoms with Crippen LogP contribution in [0.2, 0.25) is 0 Å². The van der Waals surface area contributed by atoms with Crippen molar-refractivity contribution in [1.29, 1.82) is 0 Å². The summed E-state index contributed by atoms with van der Waals surface area (Å²) in [5.74, 6) is -1.15. The van der Waals surface area contributed by atoms with E-state index in [1.165, 1.54) is 4.90 Å². The van der Waals surface area contributed by atoms with E-state index < -0.39 is 41.2 Å². The average Bonchev–Trinajstić information content (AvgIpc) is 3.66. The van der Waals surface area contributed by atoms with Crippen molar-refractivity contribution in [1.82, 2.24) is 25.8 Å². The minimum atomic E-state index is -0.920. The molecular weight excluding hydrogens is 678 g/mol. The molecule has 284 valence electrons. The van der Waals surface area contributed by atoms with Crippen molar-refractivity contribution in [3.05, 3.63) is 41.0 Å². The standard InChI is InChI=1S/C36H55N5O9S/c1-24-30(51-23-39-24)26-10-8-25(9-11-26)21-38-32(44)28-20-27(42)22-41(28)33(45)31(35(2,3)4)40-29(43)12-14-47-16-18-49-19-17-48-15-13-37-34(46)50-36(5,6)7/h8-11,23,27-28,31,42H,12-22H2,1-7H3,(H,37,46)(H,38,44)(H,40,43)/t27-,28+,31-/m1/s1. The number of nitrogens with zero attached hydrogens (tertiary/aromatic N) is 2. The highest BCUT2D eigenvalue weighted by Gasteiger charge is 2.44. The van der Waals surface area contributed by atoms with Crippen molar-refractivity contribution in [3.8, 4) is 10.4 Å². The van der Waals surface area contributed by atoms with Gasteiger partial charge in [-0.15, -0.1) is 11.3 Å². The van der Waals surface area contributed by atoms with Gasteiger partial charge in [0.05, 0.1) is 61.8 Å². The second-order valence-corrected chi connectivity index (χ2v) is 15.3. The van der Waals surface area contributed by atoms with E-state index in [4.69, 9.17) is 18.9 Å². The van der Waals surface area contributed by atoms with E-state index in [9.17, 15) is 24.3 Å². The van der Waals surface area contributed by atoms with Crippen LogP contribution in [-0.2, 0) is 39.9 Å². The molecule has 0 spiro atoms. The molecule has 0 unspecified atom stereocenters. The van der Waals surface area contributed by atoms with Crippen molar-refractivity contribution in [2.75, 3.05) is 52.7 Å². The van der Waals surface area contributed by atoms with Gasteiger partial charge in [-0.1, -0.05) is 45.0 Å². The molecule has 2 heterocycles. The number of amides is 4. The third kappa shape index (κ3) is 14.5. The third-order valence-electron chi connectivity index (χ3n) is 7.84. The van der Waals surface area contributed by atoms with Gasteiger partial charge in [-0.2, -0.15) is 0 Å². The van der Waals surface area contributed by atoms with Crippen LogP contribution in [0.25, 0.3) is 10.4 Å². The lowest BCUT2D eigenvalue weighted by Gasteiger charge is -2.35. The Morgan fingerprint density at radius 2 is 1.57 bits per heavy atom. The number of rotatable bonds is 18. The quantitative estimate of drug-likeness (QED) is 0.167. The zero-order valence-electron chi connectivity index (χ0n) is 30.9. The molecule has 14 nitrogen and oxygen atoms in total. The van der Waals surface area contributed by atoms with Crippen LogP contribution in [-0.4, -0.2) is 115 Å². The maximum atomic E-state index is 13.8. The lowest BCUT2D eigenvalue weighted by molar-refractivity contribution is -0.144. The molecule has 3 rings (SSSR count). The van der Waals surface area contributed by atoms with Crippen LogP contribution in [0.5, 0.6) is 0 Å². The van der Waals surface area contributed by atoms with Gasteiger partial charge >= 0.3 is 6.09 Å². The topological polar surface area (TPSA) is 178 Å². The minimum Gasteiger partial charge on any atom is -0.444 e. The van der Waals surface area contributed by atoms with E-state index in [-0.39, 0.29) is 51.0 Å². The Labute approximate surface area is 305 Å². The molecule has 1 aliphatic heterocycles. The van der Waals surface area contributed by atoms with Crippen molar-refractivity contribution < 1.29 is 43.2 Å². The number of benzene rings is 1. The molecule has 15 heteroatoms. The maximum Gasteiger partial charge on any atom is 0.407 e. The highest BCUT2D eigenvalue weighted by Crippen LogP contribution is 2.28. The summed E-state index contributed by atoms with van der Waals surface area (Å²) < 4.78 is 21.6. The van der Waals surface area contributed by atoms with E-state index in [2.05, 4.69) is 20.9 Å². The number of aryl methyl sites for hydroxylation is 1. The van der Waals surface area contributed by atoms with Crippen LogP contribution in [0.1, 0.15) is 65.6 Å². The summed E-state index contributed by atoms with van der Waals surface area (Å²) >= 11 is 1.57. The fourth-order valence-corrected chi connectivity index (χ4v) is 6.07. The summed E-state index contributed by atoms with van der Waals surface area (Å²) in [6.45, 7) is 15.2. The Morgan fingerprint density at radius 3 is 2.16 bits per heavy atom. The Morgan fingerprint density at radius 1 is 0.941 bits per heavy atom. The molecule has 4 amide bonds. The molecule has 1 saturated heterocycles. The number of nitrogens with one attached hydrogen (secondary N) is 3. The van der Waals surface area contributed by atoms with E-state index in [1.807, 2.05) is 57.5 Å². The fraction of sp³-hybridized carbons (Fsp3) is 0.639. The number of carbonyl (C=O) groups is 4. The van der Waals surface area contributed by atoms with Gasteiger partial charge in [0, 0.05) is 32.5 Å². The molecular formula is C36H55N5O9S. The summed E-state index contributed by atoms with van der Waals surface area (Å²) in [5, 5.41) is 18.8. The zero-order chi connectivity index (χ0) is 37.6. The van der Waals surface area contributed by atoms with Gasteiger partial charge < -0.3 is 44.9 Å². The monoisotopic (exact) mass is 733 g/mol. The fourth-order valence-electron chi connectivity index (χ4n) is 5.26. The smallest absolute Gasteiger partial charge is 0.407 e. The van der Waals surface area contributed by atoms with E-state index in [0.717, 1.165) is 21.7 Å². The number of likely N-dealkylation sites (tertiary alicyclic amines) is 1. The summed E-state index contributed by atoms with van der Waals surface area (Å²) in [7, 11) is 0. The number of alkyl carbamates (subject to hydrolysis) is 1. The predicted molar refractivity (Wildman–Crippen MR) is 193 cm³/mol. The summed E-state index contributed by atoms with van der Waals surface area (Å²) in [5.41, 5.74) is 3.51. The summed E-state index contributed by atoms with van der Waals surface area (Å²) in [6.07, 6.45) is -1.21. The molecule has 0 bridgehead atoms. The largest absolute Gasteiger partial charge is 0.444 e. The molecule has 4 N–H and O–H groups in total. The first-order valence-electron chi connectivity index (χ1n) is 17.3. The predicted octanol–water partition coefficient (Wildman–Crippen LogP) is 3.19. The first-order chi connectivity index (χ1) is 24.0. The molecule has 0 saturated carbocycles. The highest BCUT2D eigenvalue weighted by atomic mass is 32.1. The number of hydrogen-bond acceptors (Lipinski definition) is 11. The van der Waals surface area contributed by atoms with E-state index in [0.29, 0.717) is 33.0 Å². The number of hydrogen-bond donors (Lipinski definition) is 4. The number of thiazole rings is 1. The van der Waals surface area contributed by atoms with Crippen LogP contribution in [0.4, 0.5) is 4.79 Å². The Hall–Kier alpha value is -3.63. The van der Waals surface area contributed by atoms with Crippen molar-refractivity contribution in [2.24, 2.45) is 5.41 Å². The van der Waals surface area contributed by atoms with Crippen LogP contribution >= 0.6 is 11.3 Å². The van der Waals surface area contributed by atoms with Gasteiger partial charge in [0.2, 0.25) is 17.7 Å². The number of aromatic nitrogens is 1. The second kappa shape index (κ2) is 19.8. The first-order valence-corrected chi connectivity index (χ1v) is 18.2. The summed E-state index contributed by atoms with van der Waals surface area (Å²) in [4.78, 5) is 58.3. The molecule has 1 fully saturated rings. The first kappa shape index (κ1) is 41.8. The van der Waals surface area contributed by atoms with Crippen LogP contribution in [0, 0.1) is 12.3 Å². The highest BCUT2D eigenvalue weighted by molar-refractivity contribution is 7.13. The average molecular weight is 734 g/mol. The molecule has 1 aromatic carbocycles. The lowest BCUT2D eigenvalue weighted by atomic mass is 9.85. The molecule has 1 aromatic heterocycles. The Bertz CT molecular complexity index is 1420. The maximum absolute atomic E-state index is 13.8. The molecule has 3 atom stereocenters. The van der Waals surface area contributed by atoms with Gasteiger partial charge in [-0.25, -0.2) is 9.78 Å². The minimum absolute atomic E-state index is 0.000605. The Balaban J connectivity index is 1.37. The lowest BCUT2D eigenvalue weighted by Crippen LogP contribution is -2.57. The van der Waals surface area contributed by atoms with Gasteiger partial charge in [-0.3, -0.25) is 14.4 Å². The summed E-state index contributed by atoms with van der Waals surface area (Å²) in [6, 6.07) is 6.08. The number of aliphatic hydroxyl groups excluding tert-OH is 1. The van der Waals surface area contributed by atoms with Crippen LogP contribution in [0.3, 0.4) is 0 Å². The number of β-amino-alcohol motifs (C(OH)–C–C–N with tert-alkyl or cyclic N) is 1. The van der Waals surface area contributed by atoms with Gasteiger partial charge in [-0.05, 0) is 44.2 Å². The molecule has 1 aliphatic rings. The van der Waals surface area contributed by atoms with Crippen LogP contribution in [0.15, 0.2) is 29.8 Å². The van der Waals surface area contributed by atoms with E-state index in [1.54, 1.807) is 32.1 Å². The molecule has 51 heavy (non-hydrogen) atoms. The SMILES string of the molecule is Cc1ncsc1-c1ccc(CNC(=O)[C@@H]2C[C@@H](O)CN2C(=O)[C@@H](NC(=O)CCOCCOCCOCCNC(=O)OC(C)(C)C)C(C)(C)C)cc1. The number of carbonyl (C=O) groups excluding carboxylic acids is 4. The van der Waals surface area contributed by atoms with Crippen molar-refractivity contribution >= 4 is 35.2 Å². The van der Waals surface area contributed by atoms with Gasteiger partial charge in [0.15, 0.2) is 0 Å². The van der Waals surface area contributed by atoms with Gasteiger partial charge in [0.25, 0.3) is 0 Å². The van der Waals surface area contributed by atoms with Gasteiger partial charge in [0.1, 0.15) is 17.7 Å². The number of aliphatic hydroxyl groups is 1. The Kier molecular flexibility index (Phi) is 16.3. The molecule has 0 radical (unpaired) electrons. The second-order valence-electron chi connectivity index (χ2n) is 14.5. The van der Waals surface area contributed by atoms with Crippen molar-refractivity contribution in [3.63, 3.8) is 0 Å². The third-order valence-corrected chi connectivity index (χ3v) is 8.82. The molecule has 0 aliphatic carbocycles. The van der Waals surface area contributed by atoms with Crippen molar-refractivity contribution in [2.45, 2.75) is 91.6 Å². The van der Waals surface area contributed by atoms with Crippen LogP contribution < -0.4 is 16.0 Å². The zero-order valence-corrected chi connectivity index (χ0v) is 31.7. The molecule has 2 aromatic rings. The van der Waals surface area contributed by atoms with E-state index >= 15 is 0 Å². The normalized spacial score (nSPS) is 16.8. The number of ether oxygens (including phenoxy) is 4.